The van der Waals surface area contributed by atoms with E-state index in [1.165, 1.54) is 117 Å². The molecule has 324 valence electrons. The molecule has 0 N–H and O–H groups in total. The van der Waals surface area contributed by atoms with Crippen molar-refractivity contribution in [3.05, 3.63) is 316 Å². The van der Waals surface area contributed by atoms with Crippen molar-refractivity contribution in [2.75, 3.05) is 4.90 Å². The predicted molar refractivity (Wildman–Crippen MR) is 286 cm³/mol. The van der Waals surface area contributed by atoms with Crippen LogP contribution in [0.2, 0.25) is 0 Å². The molecule has 0 atom stereocenters. The van der Waals surface area contributed by atoms with E-state index in [0.717, 1.165) is 11.4 Å². The Morgan fingerprint density at radius 1 is 0.214 bits per heavy atom. The van der Waals surface area contributed by atoms with Gasteiger partial charge in [0.25, 0.3) is 0 Å². The zero-order valence-corrected chi connectivity index (χ0v) is 38.3. The molecule has 1 heteroatoms. The predicted octanol–water partition coefficient (Wildman–Crippen LogP) is 16.8. The van der Waals surface area contributed by atoms with Crippen molar-refractivity contribution in [1.29, 1.82) is 0 Å². The van der Waals surface area contributed by atoms with Gasteiger partial charge in [0, 0.05) is 16.9 Å². The molecule has 1 nitrogen and oxygen atoms in total. The highest BCUT2D eigenvalue weighted by Crippen LogP contribution is 2.73. The molecule has 0 amide bonds. The Bertz CT molecular complexity index is 3900. The first kappa shape index (κ1) is 38.2. The van der Waals surface area contributed by atoms with Gasteiger partial charge in [-0.15, -0.1) is 0 Å². The van der Waals surface area contributed by atoms with Crippen molar-refractivity contribution in [3.8, 4) is 55.6 Å². The molecule has 0 fully saturated rings. The average Bonchev–Trinajstić information content (AvgIpc) is 3.92. The van der Waals surface area contributed by atoms with Crippen molar-refractivity contribution < 1.29 is 0 Å². The fraction of sp³-hybridized carbons (Fsp3) is 0.0435. The van der Waals surface area contributed by atoms with Gasteiger partial charge in [-0.1, -0.05) is 231 Å². The molecule has 5 aliphatic carbocycles. The minimum atomic E-state index is -0.620. The van der Waals surface area contributed by atoms with Crippen molar-refractivity contribution in [2.24, 2.45) is 0 Å². The highest BCUT2D eigenvalue weighted by molar-refractivity contribution is 6.03. The molecule has 0 aliphatic heterocycles. The van der Waals surface area contributed by atoms with Crippen LogP contribution < -0.4 is 4.90 Å². The molecule has 11 aromatic carbocycles. The summed E-state index contributed by atoms with van der Waals surface area (Å²) in [7, 11) is 0. The van der Waals surface area contributed by atoms with Crippen molar-refractivity contribution in [1.82, 2.24) is 0 Å². The lowest BCUT2D eigenvalue weighted by molar-refractivity contribution is 0.405. The first-order valence-electron chi connectivity index (χ1n) is 24.7. The molecule has 5 aliphatic rings. The van der Waals surface area contributed by atoms with E-state index in [-0.39, 0.29) is 0 Å². The lowest BCUT2D eigenvalue weighted by Crippen LogP contribution is -2.58. The van der Waals surface area contributed by atoms with Crippen LogP contribution in [0.25, 0.3) is 55.6 Å². The second-order valence-corrected chi connectivity index (χ2v) is 19.7. The van der Waals surface area contributed by atoms with Gasteiger partial charge in [0.05, 0.1) is 21.9 Å². The van der Waals surface area contributed by atoms with Gasteiger partial charge in [0.2, 0.25) is 0 Å². The van der Waals surface area contributed by atoms with Crippen molar-refractivity contribution in [2.45, 2.75) is 16.2 Å². The molecule has 0 radical (unpaired) electrons. The van der Waals surface area contributed by atoms with Gasteiger partial charge in [-0.3, -0.25) is 0 Å². The van der Waals surface area contributed by atoms with E-state index < -0.39 is 16.2 Å². The van der Waals surface area contributed by atoms with Crippen LogP contribution in [0.1, 0.15) is 55.6 Å². The van der Waals surface area contributed by atoms with Crippen LogP contribution in [-0.2, 0) is 16.2 Å². The molecular formula is C69H43N. The maximum absolute atomic E-state index is 2.54. The number of hydrogen-bond donors (Lipinski definition) is 0. The number of anilines is 3. The van der Waals surface area contributed by atoms with E-state index in [1.807, 2.05) is 0 Å². The highest BCUT2D eigenvalue weighted by atomic mass is 15.1. The highest BCUT2D eigenvalue weighted by Gasteiger charge is 2.67. The quantitative estimate of drug-likeness (QED) is 0.171. The molecule has 0 aromatic heterocycles. The van der Waals surface area contributed by atoms with Crippen LogP contribution in [-0.4, -0.2) is 0 Å². The first-order chi connectivity index (χ1) is 34.8. The van der Waals surface area contributed by atoms with Gasteiger partial charge in [-0.25, -0.2) is 0 Å². The molecular weight excluding hydrogens is 843 g/mol. The molecule has 0 saturated carbocycles. The molecule has 0 heterocycles. The lowest BCUT2D eigenvalue weighted by Gasteiger charge is -2.62. The molecule has 0 unspecified atom stereocenters. The van der Waals surface area contributed by atoms with E-state index in [2.05, 4.69) is 266 Å². The summed E-state index contributed by atoms with van der Waals surface area (Å²) in [4.78, 5) is 2.54. The fourth-order valence-electron chi connectivity index (χ4n) is 14.8. The zero-order chi connectivity index (χ0) is 45.8. The van der Waals surface area contributed by atoms with Crippen LogP contribution in [0.5, 0.6) is 0 Å². The van der Waals surface area contributed by atoms with Crippen LogP contribution in [0.4, 0.5) is 17.1 Å². The summed E-state index contributed by atoms with van der Waals surface area (Å²) in [5.41, 5.74) is 28.1. The van der Waals surface area contributed by atoms with Gasteiger partial charge in [-0.05, 0) is 136 Å². The SMILES string of the molecule is c1ccc(N(c2ccc3c(c2)-c2ccccc2C24c5ccccc5-c5ccccc5C32c2ccccc2-c2ccccc24)c2cccc3c2-c2ccccc2C32c3ccccc3-c3ccccc32)cc1. The molecule has 1 spiro atoms. The number of benzene rings is 11. The smallest absolute Gasteiger partial charge is 0.0726 e. The zero-order valence-electron chi connectivity index (χ0n) is 38.3. The Morgan fingerprint density at radius 2 is 0.543 bits per heavy atom. The summed E-state index contributed by atoms with van der Waals surface area (Å²) >= 11 is 0. The largest absolute Gasteiger partial charge is 0.310 e. The van der Waals surface area contributed by atoms with Crippen LogP contribution in [0.15, 0.2) is 261 Å². The van der Waals surface area contributed by atoms with Gasteiger partial charge < -0.3 is 4.90 Å². The van der Waals surface area contributed by atoms with Crippen molar-refractivity contribution in [3.63, 3.8) is 0 Å². The monoisotopic (exact) mass is 885 g/mol. The molecule has 0 bridgehead atoms. The third-order valence-corrected chi connectivity index (χ3v) is 17.0. The Labute approximate surface area is 408 Å². The topological polar surface area (TPSA) is 3.24 Å². The lowest BCUT2D eigenvalue weighted by atomic mass is 9.38. The summed E-state index contributed by atoms with van der Waals surface area (Å²) in [5, 5.41) is 0. The number of hydrogen-bond acceptors (Lipinski definition) is 1. The van der Waals surface area contributed by atoms with E-state index in [0.29, 0.717) is 0 Å². The summed E-state index contributed by atoms with van der Waals surface area (Å²) in [6.07, 6.45) is 0. The summed E-state index contributed by atoms with van der Waals surface area (Å²) in [6, 6.07) is 99.5. The summed E-state index contributed by atoms with van der Waals surface area (Å²) in [6.45, 7) is 0. The molecule has 16 rings (SSSR count). The van der Waals surface area contributed by atoms with Crippen LogP contribution in [0.3, 0.4) is 0 Å². The third-order valence-electron chi connectivity index (χ3n) is 17.0. The second kappa shape index (κ2) is 13.7. The number of rotatable bonds is 3. The Hall–Kier alpha value is -8.78. The average molecular weight is 886 g/mol. The summed E-state index contributed by atoms with van der Waals surface area (Å²) in [5.74, 6) is 0. The van der Waals surface area contributed by atoms with Crippen LogP contribution >= 0.6 is 0 Å². The number of fused-ring (bicyclic) bond motifs is 19. The van der Waals surface area contributed by atoms with Gasteiger partial charge in [0.15, 0.2) is 0 Å². The Morgan fingerprint density at radius 3 is 1.00 bits per heavy atom. The molecule has 0 saturated heterocycles. The minimum absolute atomic E-state index is 0.454. The molecule has 70 heavy (non-hydrogen) atoms. The second-order valence-electron chi connectivity index (χ2n) is 19.7. The summed E-state index contributed by atoms with van der Waals surface area (Å²) < 4.78 is 0. The van der Waals surface area contributed by atoms with E-state index in [9.17, 15) is 0 Å². The maximum atomic E-state index is 2.54. The van der Waals surface area contributed by atoms with Gasteiger partial charge >= 0.3 is 0 Å². The Balaban J connectivity index is 1.02. The standard InChI is InChI=1S/C69H43N/c1-2-21-44(22-3-1)70(65-40-20-39-64-66(65)53-30-11-14-33-57(53)67(64)55-31-12-4-23-46(55)47-24-5-13-32-56(47)67)45-41-42-63-54(43-45)52-29-10-19-38-62(52)68-58-34-15-6-25-48(58)50-27-8-17-36-60(50)69(63,68)61-37-18-9-28-51(61)49-26-7-16-35-59(49)68/h1-43H. The van der Waals surface area contributed by atoms with Crippen molar-refractivity contribution >= 4 is 17.1 Å². The van der Waals surface area contributed by atoms with Crippen LogP contribution in [0, 0.1) is 0 Å². The van der Waals surface area contributed by atoms with E-state index >= 15 is 0 Å². The number of nitrogens with zero attached hydrogens (tertiary/aromatic N) is 1. The third kappa shape index (κ3) is 4.33. The van der Waals surface area contributed by atoms with Gasteiger partial charge in [0.1, 0.15) is 0 Å². The Kier molecular flexibility index (Phi) is 7.47. The fourth-order valence-corrected chi connectivity index (χ4v) is 14.8. The van der Waals surface area contributed by atoms with E-state index in [4.69, 9.17) is 0 Å². The van der Waals surface area contributed by atoms with Gasteiger partial charge in [-0.2, -0.15) is 0 Å². The first-order valence-corrected chi connectivity index (χ1v) is 24.7. The molecule has 11 aromatic rings. The minimum Gasteiger partial charge on any atom is -0.310 e. The number of para-hydroxylation sites is 1. The van der Waals surface area contributed by atoms with E-state index in [1.54, 1.807) is 0 Å². The maximum Gasteiger partial charge on any atom is 0.0726 e. The normalized spacial score (nSPS) is 17.9.